The summed E-state index contributed by atoms with van der Waals surface area (Å²) < 4.78 is 33.0. The monoisotopic (exact) mass is 422 g/mol. The van der Waals surface area contributed by atoms with Gasteiger partial charge in [0, 0.05) is 45.1 Å². The Bertz CT molecular complexity index is 1060. The normalized spacial score (nSPS) is 14.0. The van der Waals surface area contributed by atoms with Crippen LogP contribution in [0.3, 0.4) is 0 Å². The quantitative estimate of drug-likeness (QED) is 0.709. The van der Waals surface area contributed by atoms with E-state index in [4.69, 9.17) is 4.74 Å². The molecule has 0 saturated heterocycles. The van der Waals surface area contributed by atoms with E-state index in [0.717, 1.165) is 6.07 Å². The van der Waals surface area contributed by atoms with E-state index in [1.54, 1.807) is 5.01 Å². The zero-order valence-electron chi connectivity index (χ0n) is 16.3. The van der Waals surface area contributed by atoms with Crippen molar-refractivity contribution in [1.82, 2.24) is 19.9 Å². The summed E-state index contributed by atoms with van der Waals surface area (Å²) in [6, 6.07) is 2.89. The van der Waals surface area contributed by atoms with E-state index in [9.17, 15) is 28.3 Å². The predicted octanol–water partition coefficient (Wildman–Crippen LogP) is 0.669. The van der Waals surface area contributed by atoms with Gasteiger partial charge in [-0.05, 0) is 6.07 Å². The standard InChI is InChI=1S/C19H20F2N4O5/c1-23-19(29)15-17(27)16(26)13(9-24(15)10-25(23)5-6-30-2)18(28)22-8-11-3-4-12(20)7-14(11)21/h3-4,7,9,27H,5-6,8,10H2,1-2H3,(H,22,28). The van der Waals surface area contributed by atoms with Gasteiger partial charge in [0.1, 0.15) is 17.2 Å². The average molecular weight is 422 g/mol. The minimum atomic E-state index is -1.02. The van der Waals surface area contributed by atoms with E-state index in [1.165, 1.54) is 36.0 Å². The summed E-state index contributed by atoms with van der Waals surface area (Å²) >= 11 is 0. The number of amides is 2. The maximum absolute atomic E-state index is 13.7. The SMILES string of the molecule is COCCN1Cn2cc(C(=O)NCc3ccc(F)cc3F)c(=O)c(O)c2C(=O)N1C. The van der Waals surface area contributed by atoms with Gasteiger partial charge in [-0.1, -0.05) is 6.07 Å². The zero-order chi connectivity index (χ0) is 22.0. The second-order valence-electron chi connectivity index (χ2n) is 6.65. The number of rotatable bonds is 6. The summed E-state index contributed by atoms with van der Waals surface area (Å²) in [5.74, 6) is -3.94. The average Bonchev–Trinajstić information content (AvgIpc) is 2.71. The highest BCUT2D eigenvalue weighted by Gasteiger charge is 2.33. The first-order chi connectivity index (χ1) is 14.2. The predicted molar refractivity (Wildman–Crippen MR) is 101 cm³/mol. The number of aromatic nitrogens is 1. The van der Waals surface area contributed by atoms with Gasteiger partial charge in [-0.25, -0.2) is 8.78 Å². The minimum absolute atomic E-state index is 0.0228. The molecular formula is C19H20F2N4O5. The van der Waals surface area contributed by atoms with Crippen LogP contribution >= 0.6 is 0 Å². The summed E-state index contributed by atoms with van der Waals surface area (Å²) in [4.78, 5) is 37.5. The number of ether oxygens (including phenoxy) is 1. The summed E-state index contributed by atoms with van der Waals surface area (Å²) in [6.07, 6.45) is 1.17. The van der Waals surface area contributed by atoms with Gasteiger partial charge in [-0.15, -0.1) is 0 Å². The zero-order valence-corrected chi connectivity index (χ0v) is 16.3. The molecule has 2 N–H and O–H groups in total. The fourth-order valence-corrected chi connectivity index (χ4v) is 3.05. The molecule has 0 saturated carbocycles. The molecule has 3 rings (SSSR count). The van der Waals surface area contributed by atoms with E-state index >= 15 is 0 Å². The topological polar surface area (TPSA) is 104 Å². The lowest BCUT2D eigenvalue weighted by molar-refractivity contribution is -0.0397. The van der Waals surface area contributed by atoms with Crippen molar-refractivity contribution in [2.45, 2.75) is 13.2 Å². The van der Waals surface area contributed by atoms with Crippen molar-refractivity contribution in [1.29, 1.82) is 0 Å². The Morgan fingerprint density at radius 3 is 2.70 bits per heavy atom. The second-order valence-corrected chi connectivity index (χ2v) is 6.65. The van der Waals surface area contributed by atoms with Gasteiger partial charge < -0.3 is 19.7 Å². The Hall–Kier alpha value is -3.31. The summed E-state index contributed by atoms with van der Waals surface area (Å²) in [6.45, 7) is 0.475. The molecule has 2 amide bonds. The Balaban J connectivity index is 1.88. The van der Waals surface area contributed by atoms with Crippen LogP contribution in [0.25, 0.3) is 0 Å². The lowest BCUT2D eigenvalue weighted by Gasteiger charge is -2.37. The van der Waals surface area contributed by atoms with Gasteiger partial charge in [-0.2, -0.15) is 5.01 Å². The van der Waals surface area contributed by atoms with Crippen molar-refractivity contribution >= 4 is 11.8 Å². The molecule has 0 fully saturated rings. The lowest BCUT2D eigenvalue weighted by Crippen LogP contribution is -2.51. The molecule has 1 aliphatic rings. The highest BCUT2D eigenvalue weighted by molar-refractivity contribution is 5.98. The number of hydrazine groups is 1. The summed E-state index contributed by atoms with van der Waals surface area (Å²) in [5.41, 5.74) is -1.65. The Morgan fingerprint density at radius 1 is 1.30 bits per heavy atom. The van der Waals surface area contributed by atoms with Crippen LogP contribution in [0.1, 0.15) is 26.4 Å². The number of nitrogens with zero attached hydrogens (tertiary/aromatic N) is 3. The van der Waals surface area contributed by atoms with Gasteiger partial charge in [0.05, 0.1) is 13.3 Å². The molecular weight excluding hydrogens is 402 g/mol. The number of carbonyl (C=O) groups excluding carboxylic acids is 2. The maximum atomic E-state index is 13.7. The van der Waals surface area contributed by atoms with Crippen molar-refractivity contribution in [3.8, 4) is 5.75 Å². The molecule has 9 nitrogen and oxygen atoms in total. The molecule has 0 aliphatic carbocycles. The number of benzene rings is 1. The fraction of sp³-hybridized carbons (Fsp3) is 0.316. The molecule has 2 aromatic rings. The first kappa shape index (κ1) is 21.4. The van der Waals surface area contributed by atoms with Crippen LogP contribution in [-0.2, 0) is 18.0 Å². The molecule has 1 aliphatic heterocycles. The molecule has 0 spiro atoms. The van der Waals surface area contributed by atoms with Crippen LogP contribution in [0.15, 0.2) is 29.2 Å². The Morgan fingerprint density at radius 2 is 2.03 bits per heavy atom. The van der Waals surface area contributed by atoms with Gasteiger partial charge in [0.25, 0.3) is 11.8 Å². The first-order valence-electron chi connectivity index (χ1n) is 8.95. The molecule has 1 aromatic carbocycles. The number of halogens is 2. The molecule has 2 heterocycles. The minimum Gasteiger partial charge on any atom is -0.503 e. The van der Waals surface area contributed by atoms with Crippen LogP contribution in [0, 0.1) is 11.6 Å². The number of hydrogen-bond donors (Lipinski definition) is 2. The molecule has 30 heavy (non-hydrogen) atoms. The van der Waals surface area contributed by atoms with Crippen LogP contribution in [0.5, 0.6) is 5.75 Å². The third kappa shape index (κ3) is 4.02. The smallest absolute Gasteiger partial charge is 0.288 e. The molecule has 0 unspecified atom stereocenters. The van der Waals surface area contributed by atoms with E-state index in [0.29, 0.717) is 19.2 Å². The maximum Gasteiger partial charge on any atom is 0.288 e. The number of fused-ring (bicyclic) bond motifs is 1. The second kappa shape index (κ2) is 8.59. The molecule has 160 valence electrons. The van der Waals surface area contributed by atoms with Crippen LogP contribution in [0.4, 0.5) is 8.78 Å². The third-order valence-electron chi connectivity index (χ3n) is 4.75. The number of methoxy groups -OCH3 is 1. The van der Waals surface area contributed by atoms with Crippen LogP contribution in [-0.4, -0.2) is 58.8 Å². The molecule has 11 heteroatoms. The van der Waals surface area contributed by atoms with Crippen molar-refractivity contribution in [2.75, 3.05) is 27.3 Å². The molecule has 1 aromatic heterocycles. The highest BCUT2D eigenvalue weighted by atomic mass is 19.1. The van der Waals surface area contributed by atoms with Gasteiger partial charge in [-0.3, -0.25) is 19.4 Å². The van der Waals surface area contributed by atoms with E-state index in [-0.39, 0.29) is 24.5 Å². The van der Waals surface area contributed by atoms with E-state index in [2.05, 4.69) is 5.32 Å². The van der Waals surface area contributed by atoms with Crippen LogP contribution in [0.2, 0.25) is 0 Å². The number of aromatic hydroxyl groups is 1. The number of nitrogens with one attached hydrogen (secondary N) is 1. The fourth-order valence-electron chi connectivity index (χ4n) is 3.05. The number of carbonyl (C=O) groups is 2. The molecule has 0 bridgehead atoms. The Kier molecular flexibility index (Phi) is 6.13. The summed E-state index contributed by atoms with van der Waals surface area (Å²) in [7, 11) is 3.00. The van der Waals surface area contributed by atoms with Crippen LogP contribution < -0.4 is 10.7 Å². The van der Waals surface area contributed by atoms with Gasteiger partial charge in [0.15, 0.2) is 11.4 Å². The first-order valence-corrected chi connectivity index (χ1v) is 8.95. The summed E-state index contributed by atoms with van der Waals surface area (Å²) in [5, 5.41) is 15.5. The number of hydrogen-bond acceptors (Lipinski definition) is 6. The highest BCUT2D eigenvalue weighted by Crippen LogP contribution is 2.22. The molecule has 0 atom stereocenters. The van der Waals surface area contributed by atoms with Crippen molar-refractivity contribution in [3.05, 3.63) is 63.1 Å². The number of pyridine rings is 1. The van der Waals surface area contributed by atoms with Gasteiger partial charge >= 0.3 is 0 Å². The Labute approximate surface area is 170 Å². The third-order valence-corrected chi connectivity index (χ3v) is 4.75. The largest absolute Gasteiger partial charge is 0.503 e. The van der Waals surface area contributed by atoms with Crippen molar-refractivity contribution in [3.63, 3.8) is 0 Å². The van der Waals surface area contributed by atoms with Crippen molar-refractivity contribution < 1.29 is 28.2 Å². The lowest BCUT2D eigenvalue weighted by atomic mass is 10.1. The molecule has 0 radical (unpaired) electrons. The van der Waals surface area contributed by atoms with E-state index < -0.39 is 40.2 Å². The van der Waals surface area contributed by atoms with Crippen molar-refractivity contribution in [2.24, 2.45) is 0 Å². The van der Waals surface area contributed by atoms with E-state index in [1.807, 2.05) is 0 Å². The van der Waals surface area contributed by atoms with Gasteiger partial charge in [0.2, 0.25) is 5.43 Å².